The van der Waals surface area contributed by atoms with E-state index in [4.69, 9.17) is 5.11 Å². The molecule has 0 amide bonds. The molecule has 0 aliphatic carbocycles. The highest BCUT2D eigenvalue weighted by molar-refractivity contribution is 7.99. The van der Waals surface area contributed by atoms with Gasteiger partial charge in [-0.1, -0.05) is 0 Å². The number of rotatable bonds is 3. The van der Waals surface area contributed by atoms with Gasteiger partial charge in [0, 0.05) is 30.1 Å². The van der Waals surface area contributed by atoms with Gasteiger partial charge in [0.2, 0.25) is 0 Å². The smallest absolute Gasteiger partial charge is 0.304 e. The minimum atomic E-state index is -2.89. The Hall–Kier alpha value is -0.270. The van der Waals surface area contributed by atoms with Gasteiger partial charge in [-0.3, -0.25) is 9.69 Å². The molecule has 98 valence electrons. The van der Waals surface area contributed by atoms with Crippen LogP contribution in [0.15, 0.2) is 0 Å². The molecule has 7 heteroatoms. The molecule has 0 saturated carbocycles. The van der Waals surface area contributed by atoms with E-state index in [0.717, 1.165) is 18.1 Å². The van der Waals surface area contributed by atoms with E-state index >= 15 is 0 Å². The Kier molecular flexibility index (Phi) is 3.99. The lowest BCUT2D eigenvalue weighted by Gasteiger charge is -2.38. The third kappa shape index (κ3) is 3.35. The molecular weight excluding hydrogens is 262 g/mol. The van der Waals surface area contributed by atoms with Gasteiger partial charge in [-0.15, -0.1) is 0 Å². The standard InChI is InChI=1S/C10H17NO4S2/c12-10(13)5-9-6-16-3-2-11(9)8-1-4-17(14,15)7-8/h8-9H,1-7H2,(H,12,13). The largest absolute Gasteiger partial charge is 0.481 e. The highest BCUT2D eigenvalue weighted by Crippen LogP contribution is 2.26. The van der Waals surface area contributed by atoms with E-state index in [1.807, 2.05) is 0 Å². The molecule has 5 nitrogen and oxygen atoms in total. The van der Waals surface area contributed by atoms with Crippen LogP contribution in [-0.4, -0.2) is 66.0 Å². The molecule has 2 rings (SSSR count). The van der Waals surface area contributed by atoms with Crippen molar-refractivity contribution in [3.8, 4) is 0 Å². The number of nitrogens with zero attached hydrogens (tertiary/aromatic N) is 1. The van der Waals surface area contributed by atoms with Crippen molar-refractivity contribution < 1.29 is 18.3 Å². The van der Waals surface area contributed by atoms with Crippen molar-refractivity contribution in [2.24, 2.45) is 0 Å². The van der Waals surface area contributed by atoms with Gasteiger partial charge in [0.25, 0.3) is 0 Å². The Morgan fingerprint density at radius 1 is 1.47 bits per heavy atom. The van der Waals surface area contributed by atoms with Gasteiger partial charge in [0.1, 0.15) is 0 Å². The molecule has 0 spiro atoms. The number of carboxylic acids is 1. The van der Waals surface area contributed by atoms with Crippen LogP contribution in [0.25, 0.3) is 0 Å². The zero-order chi connectivity index (χ0) is 12.5. The fourth-order valence-electron chi connectivity index (χ4n) is 2.56. The van der Waals surface area contributed by atoms with Crippen molar-refractivity contribution in [1.29, 1.82) is 0 Å². The summed E-state index contributed by atoms with van der Waals surface area (Å²) in [5, 5.41) is 8.87. The van der Waals surface area contributed by atoms with Crippen LogP contribution >= 0.6 is 11.8 Å². The Labute approximate surface area is 105 Å². The first kappa shape index (κ1) is 13.2. The molecule has 2 atom stereocenters. The number of sulfone groups is 1. The van der Waals surface area contributed by atoms with Crippen LogP contribution in [0.3, 0.4) is 0 Å². The summed E-state index contributed by atoms with van der Waals surface area (Å²) in [4.78, 5) is 12.9. The third-order valence-corrected chi connectivity index (χ3v) is 6.20. The van der Waals surface area contributed by atoms with Crippen molar-refractivity contribution in [3.05, 3.63) is 0 Å². The highest BCUT2D eigenvalue weighted by Gasteiger charge is 2.37. The summed E-state index contributed by atoms with van der Waals surface area (Å²) in [6, 6.07) is 0.0230. The van der Waals surface area contributed by atoms with Crippen molar-refractivity contribution in [1.82, 2.24) is 4.90 Å². The maximum atomic E-state index is 11.5. The summed E-state index contributed by atoms with van der Waals surface area (Å²) in [7, 11) is -2.89. The second kappa shape index (κ2) is 5.16. The van der Waals surface area contributed by atoms with Gasteiger partial charge < -0.3 is 5.11 Å². The van der Waals surface area contributed by atoms with E-state index in [2.05, 4.69) is 4.90 Å². The number of carboxylic acid groups (broad SMARTS) is 1. The summed E-state index contributed by atoms with van der Waals surface area (Å²) in [6.45, 7) is 0.808. The lowest BCUT2D eigenvalue weighted by atomic mass is 10.1. The molecule has 2 heterocycles. The zero-order valence-corrected chi connectivity index (χ0v) is 11.2. The van der Waals surface area contributed by atoms with Gasteiger partial charge in [-0.25, -0.2) is 8.42 Å². The molecule has 0 aromatic heterocycles. The summed E-state index contributed by atoms with van der Waals surface area (Å²) < 4.78 is 22.9. The number of hydrogen-bond donors (Lipinski definition) is 1. The number of thioether (sulfide) groups is 1. The number of carbonyl (C=O) groups is 1. The van der Waals surface area contributed by atoms with E-state index in [-0.39, 0.29) is 30.0 Å². The summed E-state index contributed by atoms with van der Waals surface area (Å²) >= 11 is 1.75. The van der Waals surface area contributed by atoms with E-state index in [1.54, 1.807) is 11.8 Å². The molecule has 2 aliphatic heterocycles. The summed E-state index contributed by atoms with van der Waals surface area (Å²) in [5.41, 5.74) is 0. The van der Waals surface area contributed by atoms with Gasteiger partial charge >= 0.3 is 5.97 Å². The molecule has 2 unspecified atom stereocenters. The van der Waals surface area contributed by atoms with E-state index < -0.39 is 15.8 Å². The molecule has 2 fully saturated rings. The maximum absolute atomic E-state index is 11.5. The molecule has 0 aromatic rings. The van der Waals surface area contributed by atoms with E-state index in [1.165, 1.54) is 0 Å². The van der Waals surface area contributed by atoms with Crippen LogP contribution < -0.4 is 0 Å². The fourth-order valence-corrected chi connectivity index (χ4v) is 5.39. The van der Waals surface area contributed by atoms with E-state index in [0.29, 0.717) is 6.42 Å². The first-order valence-electron chi connectivity index (χ1n) is 5.73. The summed E-state index contributed by atoms with van der Waals surface area (Å²) in [5.74, 6) is 1.41. The highest BCUT2D eigenvalue weighted by atomic mass is 32.2. The Morgan fingerprint density at radius 3 is 2.82 bits per heavy atom. The van der Waals surface area contributed by atoms with Crippen LogP contribution in [0.5, 0.6) is 0 Å². The van der Waals surface area contributed by atoms with Crippen LogP contribution in [0.4, 0.5) is 0 Å². The molecule has 2 aliphatic rings. The van der Waals surface area contributed by atoms with Crippen LogP contribution in [0, 0.1) is 0 Å². The lowest BCUT2D eigenvalue weighted by molar-refractivity contribution is -0.138. The van der Waals surface area contributed by atoms with Crippen LogP contribution in [-0.2, 0) is 14.6 Å². The van der Waals surface area contributed by atoms with Gasteiger partial charge in [0.05, 0.1) is 17.9 Å². The van der Waals surface area contributed by atoms with E-state index in [9.17, 15) is 13.2 Å². The van der Waals surface area contributed by atoms with Crippen molar-refractivity contribution in [2.45, 2.75) is 24.9 Å². The monoisotopic (exact) mass is 279 g/mol. The molecule has 0 radical (unpaired) electrons. The molecule has 0 bridgehead atoms. The quantitative estimate of drug-likeness (QED) is 0.788. The minimum Gasteiger partial charge on any atom is -0.481 e. The topological polar surface area (TPSA) is 74.7 Å². The Balaban J connectivity index is 2.04. The average molecular weight is 279 g/mol. The Morgan fingerprint density at radius 2 is 2.24 bits per heavy atom. The van der Waals surface area contributed by atoms with Crippen LogP contribution in [0.2, 0.25) is 0 Å². The van der Waals surface area contributed by atoms with Crippen LogP contribution in [0.1, 0.15) is 12.8 Å². The predicted molar refractivity (Wildman–Crippen MR) is 67.1 cm³/mol. The second-order valence-electron chi connectivity index (χ2n) is 4.62. The third-order valence-electron chi connectivity index (χ3n) is 3.36. The SMILES string of the molecule is O=C(O)CC1CSCCN1C1CCS(=O)(=O)C1. The molecule has 2 saturated heterocycles. The van der Waals surface area contributed by atoms with Gasteiger partial charge in [0.15, 0.2) is 9.84 Å². The summed E-state index contributed by atoms with van der Waals surface area (Å²) in [6.07, 6.45) is 0.771. The minimum absolute atomic E-state index is 0.00968. The Bertz CT molecular complexity index is 395. The molecule has 1 N–H and O–H groups in total. The fraction of sp³-hybridized carbons (Fsp3) is 0.900. The van der Waals surface area contributed by atoms with Crippen molar-refractivity contribution in [3.63, 3.8) is 0 Å². The van der Waals surface area contributed by atoms with Crippen molar-refractivity contribution >= 4 is 27.6 Å². The molecule has 0 aromatic carbocycles. The lowest BCUT2D eigenvalue weighted by Crippen LogP contribution is -2.49. The zero-order valence-electron chi connectivity index (χ0n) is 9.54. The normalized spacial score (nSPS) is 33.6. The predicted octanol–water partition coefficient (Wildman–Crippen LogP) is 0.0656. The number of aliphatic carboxylic acids is 1. The van der Waals surface area contributed by atoms with Gasteiger partial charge in [-0.05, 0) is 6.42 Å². The average Bonchev–Trinajstić information content (AvgIpc) is 2.59. The number of hydrogen-bond acceptors (Lipinski definition) is 5. The maximum Gasteiger partial charge on any atom is 0.304 e. The van der Waals surface area contributed by atoms with Gasteiger partial charge in [-0.2, -0.15) is 11.8 Å². The van der Waals surface area contributed by atoms with Crippen molar-refractivity contribution in [2.75, 3.05) is 29.6 Å². The molecular formula is C10H17NO4S2. The second-order valence-corrected chi connectivity index (χ2v) is 8.00. The first-order valence-corrected chi connectivity index (χ1v) is 8.71. The molecule has 17 heavy (non-hydrogen) atoms. The first-order chi connectivity index (χ1) is 7.98.